The lowest BCUT2D eigenvalue weighted by molar-refractivity contribution is 0.228. The summed E-state index contributed by atoms with van der Waals surface area (Å²) in [6.45, 7) is 0.336. The van der Waals surface area contributed by atoms with Gasteiger partial charge in [-0.15, -0.1) is 0 Å². The molecule has 2 aromatic rings. The van der Waals surface area contributed by atoms with E-state index in [2.05, 4.69) is 15.9 Å². The van der Waals surface area contributed by atoms with Crippen molar-refractivity contribution in [3.63, 3.8) is 0 Å². The Morgan fingerprint density at radius 1 is 1.12 bits per heavy atom. The molecule has 0 aliphatic carbocycles. The summed E-state index contributed by atoms with van der Waals surface area (Å²) in [6, 6.07) is 13.1. The highest BCUT2D eigenvalue weighted by Crippen LogP contribution is 2.23. The lowest BCUT2D eigenvalue weighted by Gasteiger charge is -2.10. The minimum atomic E-state index is 0.336. The summed E-state index contributed by atoms with van der Waals surface area (Å²) in [4.78, 5) is 0. The fourth-order valence-corrected chi connectivity index (χ4v) is 1.69. The topological polar surface area (TPSA) is 38.0 Å². The molecule has 0 amide bonds. The first-order chi connectivity index (χ1) is 7.77. The summed E-state index contributed by atoms with van der Waals surface area (Å²) in [5, 5.41) is 7.66. The molecule has 1 aromatic heterocycles. The molecule has 0 atom stereocenters. The Labute approximate surface area is 102 Å². The number of aromatic nitrogens is 1. The largest absolute Gasteiger partial charge is 0.472 e. The first kappa shape index (κ1) is 11.0. The molecule has 1 heterocycles. The first-order valence-corrected chi connectivity index (χ1v) is 5.64. The van der Waals surface area contributed by atoms with E-state index >= 15 is 0 Å². The van der Waals surface area contributed by atoms with Gasteiger partial charge in [-0.1, -0.05) is 18.2 Å². The Hall–Kier alpha value is -1.55. The highest BCUT2D eigenvalue weighted by molar-refractivity contribution is 9.10. The van der Waals surface area contributed by atoms with Crippen molar-refractivity contribution in [1.82, 2.24) is 4.57 Å². The summed E-state index contributed by atoms with van der Waals surface area (Å²) in [6.07, 6.45) is 1.82. The van der Waals surface area contributed by atoms with E-state index in [1.807, 2.05) is 42.6 Å². The maximum absolute atomic E-state index is 7.66. The van der Waals surface area contributed by atoms with Gasteiger partial charge in [0.25, 0.3) is 0 Å². The van der Waals surface area contributed by atoms with Gasteiger partial charge in [0.2, 0.25) is 0 Å². The van der Waals surface area contributed by atoms with E-state index in [-0.39, 0.29) is 0 Å². The van der Waals surface area contributed by atoms with Crippen LogP contribution >= 0.6 is 15.9 Å². The molecule has 3 nitrogen and oxygen atoms in total. The molecule has 1 aromatic carbocycles. The lowest BCUT2D eigenvalue weighted by Crippen LogP contribution is -2.20. The predicted octanol–water partition coefficient (Wildman–Crippen LogP) is 2.77. The highest BCUT2D eigenvalue weighted by Gasteiger charge is 1.98. The monoisotopic (exact) mass is 278 g/mol. The van der Waals surface area contributed by atoms with Crippen molar-refractivity contribution in [2.45, 2.75) is 6.73 Å². The number of rotatable bonds is 3. The van der Waals surface area contributed by atoms with Crippen LogP contribution in [0.15, 0.2) is 53.1 Å². The van der Waals surface area contributed by atoms with Gasteiger partial charge in [-0.3, -0.25) is 9.98 Å². The van der Waals surface area contributed by atoms with Crippen LogP contribution in [0.1, 0.15) is 0 Å². The average molecular weight is 279 g/mol. The van der Waals surface area contributed by atoms with Crippen molar-refractivity contribution in [2.24, 2.45) is 0 Å². The highest BCUT2D eigenvalue weighted by atomic mass is 79.9. The first-order valence-electron chi connectivity index (χ1n) is 4.85. The average Bonchev–Trinajstić information content (AvgIpc) is 2.30. The zero-order valence-corrected chi connectivity index (χ0v) is 10.1. The lowest BCUT2D eigenvalue weighted by atomic mass is 10.3. The van der Waals surface area contributed by atoms with E-state index in [1.54, 1.807) is 10.6 Å². The molecule has 0 aliphatic heterocycles. The zero-order valence-electron chi connectivity index (χ0n) is 8.56. The van der Waals surface area contributed by atoms with Crippen LogP contribution in [0.5, 0.6) is 5.75 Å². The second-order valence-corrected chi connectivity index (χ2v) is 4.11. The van der Waals surface area contributed by atoms with Crippen LogP contribution in [0, 0.1) is 5.41 Å². The number of nitrogens with one attached hydrogen (secondary N) is 1. The van der Waals surface area contributed by atoms with Gasteiger partial charge in [-0.05, 0) is 40.2 Å². The molecular weight excluding hydrogens is 268 g/mol. The Morgan fingerprint density at radius 2 is 1.88 bits per heavy atom. The van der Waals surface area contributed by atoms with Gasteiger partial charge in [-0.25, -0.2) is 0 Å². The molecule has 0 spiro atoms. The number of para-hydroxylation sites is 1. The number of hydrogen-bond donors (Lipinski definition) is 1. The molecule has 4 heteroatoms. The van der Waals surface area contributed by atoms with E-state index < -0.39 is 0 Å². The van der Waals surface area contributed by atoms with Crippen LogP contribution in [0.2, 0.25) is 0 Å². The number of nitrogens with zero attached hydrogens (tertiary/aromatic N) is 1. The van der Waals surface area contributed by atoms with Crippen LogP contribution in [0.4, 0.5) is 0 Å². The minimum Gasteiger partial charge on any atom is -0.472 e. The number of hydrogen-bond acceptors (Lipinski definition) is 2. The maximum atomic E-state index is 7.66. The van der Waals surface area contributed by atoms with Gasteiger partial charge in [-0.2, -0.15) is 0 Å². The van der Waals surface area contributed by atoms with Gasteiger partial charge in [0.15, 0.2) is 6.73 Å². The van der Waals surface area contributed by atoms with Crippen molar-refractivity contribution in [1.29, 1.82) is 5.41 Å². The second kappa shape index (κ2) is 4.99. The Balaban J connectivity index is 2.12. The Bertz CT molecular complexity index is 536. The number of ether oxygens (including phenoxy) is 1. The van der Waals surface area contributed by atoms with E-state index in [0.29, 0.717) is 12.2 Å². The molecule has 0 saturated heterocycles. The van der Waals surface area contributed by atoms with Crippen LogP contribution in [-0.4, -0.2) is 4.57 Å². The van der Waals surface area contributed by atoms with E-state index in [1.165, 1.54) is 0 Å². The van der Waals surface area contributed by atoms with Gasteiger partial charge >= 0.3 is 0 Å². The summed E-state index contributed by atoms with van der Waals surface area (Å²) < 4.78 is 8.24. The smallest absolute Gasteiger partial charge is 0.166 e. The predicted molar refractivity (Wildman–Crippen MR) is 65.1 cm³/mol. The fourth-order valence-electron chi connectivity index (χ4n) is 1.29. The standard InChI is InChI=1S/C12H11BrN2O/c13-10-5-1-2-6-11(10)16-9-15-8-4-3-7-12(15)14/h1-8,14H,9H2. The SMILES string of the molecule is N=c1ccccn1COc1ccccc1Br. The van der Waals surface area contributed by atoms with E-state index in [0.717, 1.165) is 10.2 Å². The van der Waals surface area contributed by atoms with Crippen molar-refractivity contribution >= 4 is 15.9 Å². The van der Waals surface area contributed by atoms with E-state index in [9.17, 15) is 0 Å². The molecule has 0 aliphatic rings. The molecule has 2 rings (SSSR count). The molecule has 0 saturated carbocycles. The molecular formula is C12H11BrN2O. The molecule has 0 bridgehead atoms. The van der Waals surface area contributed by atoms with Crippen molar-refractivity contribution in [2.75, 3.05) is 0 Å². The van der Waals surface area contributed by atoms with Crippen LogP contribution < -0.4 is 10.2 Å². The quantitative estimate of drug-likeness (QED) is 0.921. The summed E-state index contributed by atoms with van der Waals surface area (Å²) in [7, 11) is 0. The third kappa shape index (κ3) is 2.52. The third-order valence-corrected chi connectivity index (χ3v) is 2.79. The summed E-state index contributed by atoms with van der Waals surface area (Å²) >= 11 is 3.41. The van der Waals surface area contributed by atoms with Gasteiger partial charge in [0.1, 0.15) is 11.2 Å². The molecule has 1 N–H and O–H groups in total. The second-order valence-electron chi connectivity index (χ2n) is 3.26. The molecule has 0 radical (unpaired) electrons. The van der Waals surface area contributed by atoms with Crippen molar-refractivity contribution < 1.29 is 4.74 Å². The normalized spacial score (nSPS) is 10.1. The van der Waals surface area contributed by atoms with Crippen molar-refractivity contribution in [3.8, 4) is 5.75 Å². The molecule has 16 heavy (non-hydrogen) atoms. The van der Waals surface area contributed by atoms with Gasteiger partial charge < -0.3 is 4.74 Å². The van der Waals surface area contributed by atoms with Crippen LogP contribution in [0.25, 0.3) is 0 Å². The summed E-state index contributed by atoms with van der Waals surface area (Å²) in [5.41, 5.74) is 0.426. The third-order valence-electron chi connectivity index (χ3n) is 2.14. The zero-order chi connectivity index (χ0) is 11.4. The number of pyridine rings is 1. The maximum Gasteiger partial charge on any atom is 0.166 e. The Morgan fingerprint density at radius 3 is 2.62 bits per heavy atom. The number of halogens is 1. The van der Waals surface area contributed by atoms with Gasteiger partial charge in [0, 0.05) is 6.20 Å². The van der Waals surface area contributed by atoms with Crippen molar-refractivity contribution in [3.05, 3.63) is 58.6 Å². The van der Waals surface area contributed by atoms with Crippen LogP contribution in [-0.2, 0) is 6.73 Å². The summed E-state index contributed by atoms with van der Waals surface area (Å²) in [5.74, 6) is 0.776. The molecule has 82 valence electrons. The van der Waals surface area contributed by atoms with Crippen LogP contribution in [0.3, 0.4) is 0 Å². The van der Waals surface area contributed by atoms with Gasteiger partial charge in [0.05, 0.1) is 4.47 Å². The minimum absolute atomic E-state index is 0.336. The fraction of sp³-hybridized carbons (Fsp3) is 0.0833. The number of benzene rings is 1. The Kier molecular flexibility index (Phi) is 3.41. The molecule has 0 fully saturated rings. The van der Waals surface area contributed by atoms with E-state index in [4.69, 9.17) is 10.1 Å². The molecule has 0 unspecified atom stereocenters.